The molecule has 0 aliphatic carbocycles. The van der Waals surface area contributed by atoms with Gasteiger partial charge >= 0.3 is 5.97 Å². The zero-order chi connectivity index (χ0) is 10.8. The molecule has 1 aliphatic heterocycles. The first-order chi connectivity index (χ1) is 7.16. The lowest BCUT2D eigenvalue weighted by molar-refractivity contribution is 0.0686. The van der Waals surface area contributed by atoms with E-state index in [1.165, 1.54) is 12.8 Å². The van der Waals surface area contributed by atoms with Crippen molar-refractivity contribution in [3.05, 3.63) is 23.5 Å². The summed E-state index contributed by atoms with van der Waals surface area (Å²) in [6, 6.07) is 1.76. The summed E-state index contributed by atoms with van der Waals surface area (Å²) < 4.78 is 1.67. The molecule has 1 aromatic heterocycles. The van der Waals surface area contributed by atoms with Crippen LogP contribution in [0.2, 0.25) is 0 Å². The molecule has 0 spiro atoms. The van der Waals surface area contributed by atoms with Crippen LogP contribution < -0.4 is 0 Å². The Morgan fingerprint density at radius 2 is 2.13 bits per heavy atom. The second-order valence-electron chi connectivity index (χ2n) is 4.13. The van der Waals surface area contributed by atoms with E-state index in [1.807, 2.05) is 6.20 Å². The van der Waals surface area contributed by atoms with Crippen LogP contribution in [0.5, 0.6) is 0 Å². The summed E-state index contributed by atoms with van der Waals surface area (Å²) >= 11 is 0. The predicted octanol–water partition coefficient (Wildman–Crippen LogP) is 1.32. The zero-order valence-corrected chi connectivity index (χ0v) is 8.94. The van der Waals surface area contributed by atoms with Crippen LogP contribution in [0.4, 0.5) is 0 Å². The van der Waals surface area contributed by atoms with Crippen LogP contribution in [0.1, 0.15) is 28.9 Å². The third kappa shape index (κ3) is 2.21. The highest BCUT2D eigenvalue weighted by molar-refractivity contribution is 5.86. The van der Waals surface area contributed by atoms with Crippen molar-refractivity contribution in [3.8, 4) is 0 Å². The first kappa shape index (κ1) is 10.2. The third-order valence-electron chi connectivity index (χ3n) is 2.89. The third-order valence-corrected chi connectivity index (χ3v) is 2.89. The standard InChI is InChI=1S/C11H16N2O2/c1-12-7-9(6-10(12)11(14)15)8-13-4-2-3-5-13/h6-7H,2-5,8H2,1H3,(H,14,15). The number of likely N-dealkylation sites (tertiary alicyclic amines) is 1. The molecule has 0 unspecified atom stereocenters. The van der Waals surface area contributed by atoms with E-state index in [0.29, 0.717) is 5.69 Å². The smallest absolute Gasteiger partial charge is 0.352 e. The summed E-state index contributed by atoms with van der Waals surface area (Å²) in [5.74, 6) is -0.856. The normalized spacial score (nSPS) is 17.1. The number of hydrogen-bond donors (Lipinski definition) is 1. The minimum Gasteiger partial charge on any atom is -0.477 e. The lowest BCUT2D eigenvalue weighted by Crippen LogP contribution is -2.17. The monoisotopic (exact) mass is 208 g/mol. The van der Waals surface area contributed by atoms with Crippen LogP contribution >= 0.6 is 0 Å². The lowest BCUT2D eigenvalue weighted by atomic mass is 10.3. The predicted molar refractivity (Wildman–Crippen MR) is 56.9 cm³/mol. The Kier molecular flexibility index (Phi) is 2.77. The highest BCUT2D eigenvalue weighted by Crippen LogP contribution is 2.14. The van der Waals surface area contributed by atoms with Crippen molar-refractivity contribution >= 4 is 5.97 Å². The lowest BCUT2D eigenvalue weighted by Gasteiger charge is -2.12. The molecule has 0 saturated carbocycles. The molecular formula is C11H16N2O2. The molecule has 15 heavy (non-hydrogen) atoms. The molecule has 0 radical (unpaired) electrons. The van der Waals surface area contributed by atoms with Gasteiger partial charge in [-0.2, -0.15) is 0 Å². The molecule has 4 nitrogen and oxygen atoms in total. The van der Waals surface area contributed by atoms with Gasteiger partial charge in [0.1, 0.15) is 5.69 Å². The van der Waals surface area contributed by atoms with Gasteiger partial charge in [0.15, 0.2) is 0 Å². The molecule has 0 atom stereocenters. The molecule has 1 N–H and O–H groups in total. The molecule has 0 amide bonds. The Bertz CT molecular complexity index is 365. The van der Waals surface area contributed by atoms with E-state index >= 15 is 0 Å². The molecule has 2 rings (SSSR count). The number of aryl methyl sites for hydroxylation is 1. The second kappa shape index (κ2) is 4.06. The van der Waals surface area contributed by atoms with Gasteiger partial charge in [0.25, 0.3) is 0 Å². The molecule has 4 heteroatoms. The number of hydrogen-bond acceptors (Lipinski definition) is 2. The first-order valence-corrected chi connectivity index (χ1v) is 5.28. The number of rotatable bonds is 3. The van der Waals surface area contributed by atoms with E-state index in [-0.39, 0.29) is 0 Å². The molecule has 1 aliphatic rings. The van der Waals surface area contributed by atoms with Gasteiger partial charge in [0, 0.05) is 19.8 Å². The van der Waals surface area contributed by atoms with Gasteiger partial charge in [-0.15, -0.1) is 0 Å². The van der Waals surface area contributed by atoms with Gasteiger partial charge in [-0.05, 0) is 37.6 Å². The molecule has 0 bridgehead atoms. The molecule has 0 aromatic carbocycles. The number of carboxylic acid groups (broad SMARTS) is 1. The Labute approximate surface area is 89.1 Å². The summed E-state index contributed by atoms with van der Waals surface area (Å²) in [5.41, 5.74) is 1.46. The van der Waals surface area contributed by atoms with E-state index in [2.05, 4.69) is 4.90 Å². The number of aromatic nitrogens is 1. The summed E-state index contributed by atoms with van der Waals surface area (Å²) in [4.78, 5) is 13.2. The zero-order valence-electron chi connectivity index (χ0n) is 8.94. The number of carbonyl (C=O) groups is 1. The summed E-state index contributed by atoms with van der Waals surface area (Å²) in [7, 11) is 1.77. The fraction of sp³-hybridized carbons (Fsp3) is 0.545. The highest BCUT2D eigenvalue weighted by Gasteiger charge is 2.15. The number of nitrogens with zero attached hydrogens (tertiary/aromatic N) is 2. The van der Waals surface area contributed by atoms with Crippen molar-refractivity contribution in [3.63, 3.8) is 0 Å². The fourth-order valence-electron chi connectivity index (χ4n) is 2.13. The maximum Gasteiger partial charge on any atom is 0.352 e. The Balaban J connectivity index is 2.08. The summed E-state index contributed by atoms with van der Waals surface area (Å²) in [6.07, 6.45) is 4.43. The van der Waals surface area contributed by atoms with Crippen LogP contribution in [0, 0.1) is 0 Å². The molecule has 82 valence electrons. The van der Waals surface area contributed by atoms with Gasteiger partial charge in [-0.3, -0.25) is 4.90 Å². The van der Waals surface area contributed by atoms with Crippen molar-refractivity contribution in [1.29, 1.82) is 0 Å². The van der Waals surface area contributed by atoms with Crippen molar-refractivity contribution < 1.29 is 9.90 Å². The molecule has 1 fully saturated rings. The SMILES string of the molecule is Cn1cc(CN2CCCC2)cc1C(=O)O. The quantitative estimate of drug-likeness (QED) is 0.814. The fourth-order valence-corrected chi connectivity index (χ4v) is 2.13. The van der Waals surface area contributed by atoms with E-state index in [4.69, 9.17) is 5.11 Å². The van der Waals surface area contributed by atoms with Crippen molar-refractivity contribution in [2.24, 2.45) is 7.05 Å². The minimum atomic E-state index is -0.856. The van der Waals surface area contributed by atoms with Crippen molar-refractivity contribution in [2.45, 2.75) is 19.4 Å². The first-order valence-electron chi connectivity index (χ1n) is 5.28. The van der Waals surface area contributed by atoms with E-state index in [9.17, 15) is 4.79 Å². The minimum absolute atomic E-state index is 0.365. The van der Waals surface area contributed by atoms with Crippen molar-refractivity contribution in [2.75, 3.05) is 13.1 Å². The van der Waals surface area contributed by atoms with E-state index in [0.717, 1.165) is 25.2 Å². The van der Waals surface area contributed by atoms with Gasteiger partial charge in [-0.1, -0.05) is 0 Å². The van der Waals surface area contributed by atoms with Crippen LogP contribution in [0.25, 0.3) is 0 Å². The van der Waals surface area contributed by atoms with Crippen LogP contribution in [0.3, 0.4) is 0 Å². The highest BCUT2D eigenvalue weighted by atomic mass is 16.4. The Hall–Kier alpha value is -1.29. The maximum atomic E-state index is 10.8. The largest absolute Gasteiger partial charge is 0.477 e. The number of carboxylic acids is 1. The van der Waals surface area contributed by atoms with Gasteiger partial charge in [-0.25, -0.2) is 4.79 Å². The van der Waals surface area contributed by atoms with E-state index < -0.39 is 5.97 Å². The summed E-state index contributed by atoms with van der Waals surface area (Å²) in [6.45, 7) is 3.15. The summed E-state index contributed by atoms with van der Waals surface area (Å²) in [5, 5.41) is 8.91. The van der Waals surface area contributed by atoms with Gasteiger partial charge in [0.2, 0.25) is 0 Å². The Morgan fingerprint density at radius 1 is 1.47 bits per heavy atom. The average Bonchev–Trinajstić information content (AvgIpc) is 2.75. The van der Waals surface area contributed by atoms with E-state index in [1.54, 1.807) is 17.7 Å². The second-order valence-corrected chi connectivity index (χ2v) is 4.13. The molecule has 1 aromatic rings. The maximum absolute atomic E-state index is 10.8. The van der Waals surface area contributed by atoms with Crippen LogP contribution in [-0.4, -0.2) is 33.6 Å². The molecular weight excluding hydrogens is 192 g/mol. The van der Waals surface area contributed by atoms with Crippen LogP contribution in [0.15, 0.2) is 12.3 Å². The Morgan fingerprint density at radius 3 is 2.67 bits per heavy atom. The molecule has 1 saturated heterocycles. The topological polar surface area (TPSA) is 45.5 Å². The number of aromatic carboxylic acids is 1. The van der Waals surface area contributed by atoms with Gasteiger partial charge in [0.05, 0.1) is 0 Å². The average molecular weight is 208 g/mol. The van der Waals surface area contributed by atoms with Crippen molar-refractivity contribution in [1.82, 2.24) is 9.47 Å². The van der Waals surface area contributed by atoms with Crippen LogP contribution in [-0.2, 0) is 13.6 Å². The van der Waals surface area contributed by atoms with Gasteiger partial charge < -0.3 is 9.67 Å². The molecule has 2 heterocycles.